The van der Waals surface area contributed by atoms with E-state index in [0.717, 1.165) is 5.56 Å². The molecule has 1 heterocycles. The number of nitrogens with one attached hydrogen (secondary N) is 1. The van der Waals surface area contributed by atoms with Gasteiger partial charge in [0, 0.05) is 18.0 Å². The Hall–Kier alpha value is -2.49. The quantitative estimate of drug-likeness (QED) is 0.815. The molecule has 2 rings (SSSR count). The van der Waals surface area contributed by atoms with Crippen LogP contribution in [0, 0.1) is 0 Å². The van der Waals surface area contributed by atoms with Crippen LogP contribution < -0.4 is 5.32 Å². The third-order valence-electron chi connectivity index (χ3n) is 2.18. The van der Waals surface area contributed by atoms with Gasteiger partial charge >= 0.3 is 0 Å². The van der Waals surface area contributed by atoms with E-state index in [4.69, 9.17) is 0 Å². The molecule has 4 heteroatoms. The molecule has 0 saturated heterocycles. The van der Waals surface area contributed by atoms with E-state index in [2.05, 4.69) is 21.9 Å². The Kier molecular flexibility index (Phi) is 3.25. The molecule has 4 nitrogen and oxygen atoms in total. The first kappa shape index (κ1) is 11.0. The van der Waals surface area contributed by atoms with Gasteiger partial charge in [-0.2, -0.15) is 0 Å². The summed E-state index contributed by atoms with van der Waals surface area (Å²) >= 11 is 0. The van der Waals surface area contributed by atoms with Gasteiger partial charge in [-0.3, -0.25) is 4.79 Å². The van der Waals surface area contributed by atoms with Gasteiger partial charge < -0.3 is 5.32 Å². The van der Waals surface area contributed by atoms with E-state index < -0.39 is 0 Å². The van der Waals surface area contributed by atoms with Crippen LogP contribution in [0.25, 0.3) is 11.4 Å². The van der Waals surface area contributed by atoms with E-state index >= 15 is 0 Å². The number of nitrogens with zero attached hydrogens (tertiary/aromatic N) is 2. The zero-order valence-electron chi connectivity index (χ0n) is 9.13. The normalized spacial score (nSPS) is 9.65. The summed E-state index contributed by atoms with van der Waals surface area (Å²) in [7, 11) is 0. The number of hydrogen-bond acceptors (Lipinski definition) is 3. The lowest BCUT2D eigenvalue weighted by Crippen LogP contribution is -2.08. The second-order valence-electron chi connectivity index (χ2n) is 3.31. The molecule has 0 aliphatic heterocycles. The van der Waals surface area contributed by atoms with Crippen molar-refractivity contribution in [3.8, 4) is 11.4 Å². The third kappa shape index (κ3) is 2.55. The maximum atomic E-state index is 11.3. The molecular weight excluding hydrogens is 214 g/mol. The lowest BCUT2D eigenvalue weighted by Gasteiger charge is -2.07. The first-order chi connectivity index (χ1) is 8.31. The maximum absolute atomic E-state index is 11.3. The van der Waals surface area contributed by atoms with Crippen molar-refractivity contribution in [1.82, 2.24) is 9.97 Å². The van der Waals surface area contributed by atoms with Crippen LogP contribution in [0.15, 0.2) is 55.4 Å². The number of rotatable bonds is 3. The van der Waals surface area contributed by atoms with Crippen molar-refractivity contribution in [1.29, 1.82) is 0 Å². The van der Waals surface area contributed by atoms with Gasteiger partial charge in [0.15, 0.2) is 5.82 Å². The molecule has 1 amide bonds. The highest BCUT2D eigenvalue weighted by Crippen LogP contribution is 2.24. The maximum Gasteiger partial charge on any atom is 0.247 e. The molecule has 1 aromatic heterocycles. The molecule has 0 atom stereocenters. The van der Waals surface area contributed by atoms with E-state index in [1.165, 1.54) is 6.08 Å². The summed E-state index contributed by atoms with van der Waals surface area (Å²) < 4.78 is 0. The molecule has 0 aliphatic rings. The lowest BCUT2D eigenvalue weighted by molar-refractivity contribution is -0.111. The highest BCUT2D eigenvalue weighted by molar-refractivity contribution is 6.01. The number of carbonyl (C=O) groups excluding carboxylic acids is 1. The average Bonchev–Trinajstić information content (AvgIpc) is 2.40. The van der Waals surface area contributed by atoms with E-state index in [0.29, 0.717) is 11.5 Å². The fourth-order valence-corrected chi connectivity index (χ4v) is 1.41. The third-order valence-corrected chi connectivity index (χ3v) is 2.18. The Labute approximate surface area is 99.0 Å². The summed E-state index contributed by atoms with van der Waals surface area (Å²) in [6, 6.07) is 9.11. The van der Waals surface area contributed by atoms with Crippen molar-refractivity contribution in [3.63, 3.8) is 0 Å². The Bertz CT molecular complexity index is 537. The van der Waals surface area contributed by atoms with Gasteiger partial charge in [0.05, 0.1) is 5.69 Å². The number of hydrogen-bond donors (Lipinski definition) is 1. The van der Waals surface area contributed by atoms with Crippen LogP contribution in [0.1, 0.15) is 0 Å². The molecule has 84 valence electrons. The van der Waals surface area contributed by atoms with Crippen LogP contribution in [0.4, 0.5) is 5.69 Å². The predicted octanol–water partition coefficient (Wildman–Crippen LogP) is 2.27. The lowest BCUT2D eigenvalue weighted by atomic mass is 10.1. The first-order valence-corrected chi connectivity index (χ1v) is 5.11. The van der Waals surface area contributed by atoms with Gasteiger partial charge in [-0.1, -0.05) is 18.7 Å². The minimum absolute atomic E-state index is 0.256. The minimum Gasteiger partial charge on any atom is -0.322 e. The molecule has 0 aliphatic carbocycles. The Morgan fingerprint density at radius 3 is 2.59 bits per heavy atom. The fraction of sp³-hybridized carbons (Fsp3) is 0. The average molecular weight is 225 g/mol. The van der Waals surface area contributed by atoms with Gasteiger partial charge in [-0.05, 0) is 24.3 Å². The topological polar surface area (TPSA) is 54.9 Å². The molecule has 0 unspecified atom stereocenters. The molecule has 0 fully saturated rings. The van der Waals surface area contributed by atoms with Crippen LogP contribution in [0.5, 0.6) is 0 Å². The summed E-state index contributed by atoms with van der Waals surface area (Å²) in [4.78, 5) is 19.6. The van der Waals surface area contributed by atoms with Crippen LogP contribution >= 0.6 is 0 Å². The summed E-state index contributed by atoms with van der Waals surface area (Å²) in [6.07, 6.45) is 4.55. The Balaban J connectivity index is 2.41. The monoisotopic (exact) mass is 225 g/mol. The van der Waals surface area contributed by atoms with E-state index in [1.54, 1.807) is 24.5 Å². The predicted molar refractivity (Wildman–Crippen MR) is 66.3 cm³/mol. The largest absolute Gasteiger partial charge is 0.322 e. The second kappa shape index (κ2) is 5.03. The Morgan fingerprint density at radius 2 is 1.88 bits per heavy atom. The molecule has 0 radical (unpaired) electrons. The van der Waals surface area contributed by atoms with Gasteiger partial charge in [-0.15, -0.1) is 0 Å². The van der Waals surface area contributed by atoms with E-state index in [1.807, 2.05) is 18.2 Å². The van der Waals surface area contributed by atoms with Crippen molar-refractivity contribution in [3.05, 3.63) is 55.4 Å². The zero-order valence-corrected chi connectivity index (χ0v) is 9.13. The van der Waals surface area contributed by atoms with Crippen LogP contribution in [0.3, 0.4) is 0 Å². The fourth-order valence-electron chi connectivity index (χ4n) is 1.41. The first-order valence-electron chi connectivity index (χ1n) is 5.11. The van der Waals surface area contributed by atoms with Gasteiger partial charge in [0.25, 0.3) is 0 Å². The molecule has 1 N–H and O–H groups in total. The molecule has 17 heavy (non-hydrogen) atoms. The highest BCUT2D eigenvalue weighted by atomic mass is 16.1. The second-order valence-corrected chi connectivity index (χ2v) is 3.31. The number of aromatic nitrogens is 2. The number of amides is 1. The summed E-state index contributed by atoms with van der Waals surface area (Å²) in [6.45, 7) is 3.42. The zero-order chi connectivity index (χ0) is 12.1. The number of benzene rings is 1. The van der Waals surface area contributed by atoms with Crippen molar-refractivity contribution in [2.24, 2.45) is 0 Å². The SMILES string of the molecule is C=CC(=O)Nc1ccccc1-c1ncccn1. The van der Waals surface area contributed by atoms with Crippen LogP contribution in [-0.4, -0.2) is 15.9 Å². The summed E-state index contributed by atoms with van der Waals surface area (Å²) in [5.41, 5.74) is 1.45. The van der Waals surface area contributed by atoms with Crippen molar-refractivity contribution >= 4 is 11.6 Å². The van der Waals surface area contributed by atoms with Gasteiger partial charge in [0.1, 0.15) is 0 Å². The molecule has 0 spiro atoms. The number of para-hydroxylation sites is 1. The number of carbonyl (C=O) groups is 1. The molecule has 0 saturated carbocycles. The molecular formula is C13H11N3O. The van der Waals surface area contributed by atoms with E-state index in [9.17, 15) is 4.79 Å². The van der Waals surface area contributed by atoms with E-state index in [-0.39, 0.29) is 5.91 Å². The number of anilines is 1. The minimum atomic E-state index is -0.256. The molecule has 0 bridgehead atoms. The standard InChI is InChI=1S/C13H11N3O/c1-2-12(17)16-11-7-4-3-6-10(11)13-14-8-5-9-15-13/h2-9H,1H2,(H,16,17). The summed E-state index contributed by atoms with van der Waals surface area (Å²) in [5, 5.41) is 2.72. The Morgan fingerprint density at radius 1 is 1.18 bits per heavy atom. The smallest absolute Gasteiger partial charge is 0.247 e. The van der Waals surface area contributed by atoms with Gasteiger partial charge in [0.2, 0.25) is 5.91 Å². The van der Waals surface area contributed by atoms with Crippen molar-refractivity contribution < 1.29 is 4.79 Å². The van der Waals surface area contributed by atoms with Crippen LogP contribution in [-0.2, 0) is 4.79 Å². The van der Waals surface area contributed by atoms with Gasteiger partial charge in [-0.25, -0.2) is 9.97 Å². The van der Waals surface area contributed by atoms with Crippen LogP contribution in [0.2, 0.25) is 0 Å². The molecule has 1 aromatic carbocycles. The van der Waals surface area contributed by atoms with Crippen molar-refractivity contribution in [2.75, 3.05) is 5.32 Å². The van der Waals surface area contributed by atoms with Crippen molar-refractivity contribution in [2.45, 2.75) is 0 Å². The molecule has 2 aromatic rings. The highest BCUT2D eigenvalue weighted by Gasteiger charge is 2.07. The summed E-state index contributed by atoms with van der Waals surface area (Å²) in [5.74, 6) is 0.320.